The lowest BCUT2D eigenvalue weighted by molar-refractivity contribution is 0.273. The molecule has 0 bridgehead atoms. The van der Waals surface area contributed by atoms with Crippen LogP contribution < -0.4 is 5.32 Å². The van der Waals surface area contributed by atoms with E-state index in [1.165, 1.54) is 3.57 Å². The predicted molar refractivity (Wildman–Crippen MR) is 67.8 cm³/mol. The van der Waals surface area contributed by atoms with E-state index in [1.807, 2.05) is 24.3 Å². The summed E-state index contributed by atoms with van der Waals surface area (Å²) in [5, 5.41) is 7.23. The number of nitrogens with zero attached hydrogens (tertiary/aromatic N) is 2. The Bertz CT molecular complexity index is 490. The van der Waals surface area contributed by atoms with Crippen LogP contribution in [0.15, 0.2) is 28.8 Å². The Kier molecular flexibility index (Phi) is 2.64. The highest BCUT2D eigenvalue weighted by molar-refractivity contribution is 14.1. The predicted octanol–water partition coefficient (Wildman–Crippen LogP) is 2.38. The van der Waals surface area contributed by atoms with E-state index in [2.05, 4.69) is 38.0 Å². The van der Waals surface area contributed by atoms with Gasteiger partial charge in [0.25, 0.3) is 0 Å². The van der Waals surface area contributed by atoms with Crippen molar-refractivity contribution in [1.82, 2.24) is 15.5 Å². The second-order valence-electron chi connectivity index (χ2n) is 3.76. The third-order valence-corrected chi connectivity index (χ3v) is 3.39. The standard InChI is InChI=1S/C11H10IN3O/c12-8-3-1-7(2-4-8)10-14-11(16-15-10)9-5-6-13-9/h1-4,9,13H,5-6H2/t9-/m0/s1. The van der Waals surface area contributed by atoms with Crippen LogP contribution in [0.3, 0.4) is 0 Å². The lowest BCUT2D eigenvalue weighted by Gasteiger charge is -2.23. The molecule has 16 heavy (non-hydrogen) atoms. The molecular weight excluding hydrogens is 317 g/mol. The van der Waals surface area contributed by atoms with Gasteiger partial charge >= 0.3 is 0 Å². The first kappa shape index (κ1) is 10.2. The van der Waals surface area contributed by atoms with Crippen molar-refractivity contribution in [2.75, 3.05) is 6.54 Å². The summed E-state index contributed by atoms with van der Waals surface area (Å²) < 4.78 is 6.43. The molecule has 1 N–H and O–H groups in total. The molecule has 0 spiro atoms. The highest BCUT2D eigenvalue weighted by Gasteiger charge is 2.24. The summed E-state index contributed by atoms with van der Waals surface area (Å²) in [5.74, 6) is 1.36. The molecule has 1 aliphatic rings. The summed E-state index contributed by atoms with van der Waals surface area (Å²) >= 11 is 2.27. The molecule has 0 amide bonds. The summed E-state index contributed by atoms with van der Waals surface area (Å²) in [4.78, 5) is 4.39. The first-order chi connectivity index (χ1) is 7.83. The molecule has 5 heteroatoms. The van der Waals surface area contributed by atoms with E-state index in [9.17, 15) is 0 Å². The molecule has 1 fully saturated rings. The van der Waals surface area contributed by atoms with Gasteiger partial charge in [0.05, 0.1) is 6.04 Å². The van der Waals surface area contributed by atoms with Gasteiger partial charge in [-0.15, -0.1) is 0 Å². The lowest BCUT2D eigenvalue weighted by atomic mass is 10.1. The van der Waals surface area contributed by atoms with Gasteiger partial charge in [-0.2, -0.15) is 4.98 Å². The van der Waals surface area contributed by atoms with Gasteiger partial charge in [0.2, 0.25) is 11.7 Å². The quantitative estimate of drug-likeness (QED) is 0.861. The third kappa shape index (κ3) is 1.84. The second kappa shape index (κ2) is 4.14. The van der Waals surface area contributed by atoms with Crippen LogP contribution in [0.25, 0.3) is 11.4 Å². The van der Waals surface area contributed by atoms with Crippen molar-refractivity contribution in [3.8, 4) is 11.4 Å². The third-order valence-electron chi connectivity index (χ3n) is 2.67. The van der Waals surface area contributed by atoms with E-state index in [4.69, 9.17) is 4.52 Å². The van der Waals surface area contributed by atoms with Crippen LogP contribution in [-0.4, -0.2) is 16.7 Å². The largest absolute Gasteiger partial charge is 0.337 e. The summed E-state index contributed by atoms with van der Waals surface area (Å²) in [6.45, 7) is 1.03. The van der Waals surface area contributed by atoms with E-state index in [0.29, 0.717) is 11.7 Å². The molecule has 2 heterocycles. The molecule has 82 valence electrons. The number of hydrogen-bond donors (Lipinski definition) is 1. The summed E-state index contributed by atoms with van der Waals surface area (Å²) in [6.07, 6.45) is 1.08. The Labute approximate surface area is 107 Å². The maximum atomic E-state index is 5.23. The molecule has 3 rings (SSSR count). The minimum absolute atomic E-state index is 0.255. The first-order valence-electron chi connectivity index (χ1n) is 5.16. The Morgan fingerprint density at radius 2 is 2.06 bits per heavy atom. The fourth-order valence-electron chi connectivity index (χ4n) is 1.59. The summed E-state index contributed by atoms with van der Waals surface area (Å²) in [5.41, 5.74) is 0.995. The average Bonchev–Trinajstić information content (AvgIpc) is 2.65. The zero-order chi connectivity index (χ0) is 11.0. The SMILES string of the molecule is Ic1ccc(-c2noc([C@@H]3CCN3)n2)cc1. The average molecular weight is 327 g/mol. The molecule has 0 saturated carbocycles. The molecule has 0 aliphatic carbocycles. The number of halogens is 1. The van der Waals surface area contributed by atoms with Crippen molar-refractivity contribution in [1.29, 1.82) is 0 Å². The number of benzene rings is 1. The monoisotopic (exact) mass is 327 g/mol. The van der Waals surface area contributed by atoms with Gasteiger partial charge in [0.1, 0.15) is 0 Å². The van der Waals surface area contributed by atoms with Crippen molar-refractivity contribution >= 4 is 22.6 Å². The Morgan fingerprint density at radius 1 is 1.31 bits per heavy atom. The van der Waals surface area contributed by atoms with Gasteiger partial charge in [-0.25, -0.2) is 0 Å². The van der Waals surface area contributed by atoms with Crippen molar-refractivity contribution in [3.05, 3.63) is 33.7 Å². The number of hydrogen-bond acceptors (Lipinski definition) is 4. The fourth-order valence-corrected chi connectivity index (χ4v) is 1.95. The minimum Gasteiger partial charge on any atom is -0.337 e. The Morgan fingerprint density at radius 3 is 2.69 bits per heavy atom. The normalized spacial score (nSPS) is 19.4. The minimum atomic E-state index is 0.255. The number of nitrogens with one attached hydrogen (secondary N) is 1. The fraction of sp³-hybridized carbons (Fsp3) is 0.273. The van der Waals surface area contributed by atoms with Crippen LogP contribution in [0.1, 0.15) is 18.4 Å². The lowest BCUT2D eigenvalue weighted by Crippen LogP contribution is -2.35. The van der Waals surface area contributed by atoms with E-state index in [-0.39, 0.29) is 6.04 Å². The molecule has 1 atom stereocenters. The Hall–Kier alpha value is -0.950. The van der Waals surface area contributed by atoms with Crippen molar-refractivity contribution in [2.45, 2.75) is 12.5 Å². The van der Waals surface area contributed by atoms with E-state index < -0.39 is 0 Å². The maximum absolute atomic E-state index is 5.23. The van der Waals surface area contributed by atoms with Crippen LogP contribution >= 0.6 is 22.6 Å². The number of aromatic nitrogens is 2. The van der Waals surface area contributed by atoms with Crippen LogP contribution in [0, 0.1) is 3.57 Å². The van der Waals surface area contributed by atoms with Gasteiger partial charge in [0, 0.05) is 9.13 Å². The summed E-state index contributed by atoms with van der Waals surface area (Å²) in [6, 6.07) is 8.33. The van der Waals surface area contributed by atoms with Gasteiger partial charge in [-0.05, 0) is 47.7 Å². The molecule has 1 aromatic heterocycles. The van der Waals surface area contributed by atoms with Crippen molar-refractivity contribution in [2.24, 2.45) is 0 Å². The van der Waals surface area contributed by atoms with Gasteiger partial charge < -0.3 is 9.84 Å². The topological polar surface area (TPSA) is 51.0 Å². The molecule has 0 unspecified atom stereocenters. The van der Waals surface area contributed by atoms with E-state index in [1.54, 1.807) is 0 Å². The van der Waals surface area contributed by atoms with Crippen molar-refractivity contribution in [3.63, 3.8) is 0 Å². The molecular formula is C11H10IN3O. The molecule has 1 saturated heterocycles. The molecule has 1 aromatic carbocycles. The molecule has 0 radical (unpaired) electrons. The van der Waals surface area contributed by atoms with Crippen molar-refractivity contribution < 1.29 is 4.52 Å². The zero-order valence-corrected chi connectivity index (χ0v) is 10.6. The smallest absolute Gasteiger partial charge is 0.244 e. The van der Waals surface area contributed by atoms with Crippen LogP contribution in [0.5, 0.6) is 0 Å². The summed E-state index contributed by atoms with van der Waals surface area (Å²) in [7, 11) is 0. The van der Waals surface area contributed by atoms with Gasteiger partial charge in [-0.1, -0.05) is 17.3 Å². The second-order valence-corrected chi connectivity index (χ2v) is 5.00. The van der Waals surface area contributed by atoms with Crippen LogP contribution in [-0.2, 0) is 0 Å². The molecule has 1 aliphatic heterocycles. The maximum Gasteiger partial charge on any atom is 0.244 e. The zero-order valence-electron chi connectivity index (χ0n) is 8.48. The highest BCUT2D eigenvalue weighted by atomic mass is 127. The highest BCUT2D eigenvalue weighted by Crippen LogP contribution is 2.24. The van der Waals surface area contributed by atoms with Gasteiger partial charge in [0.15, 0.2) is 0 Å². The molecule has 2 aromatic rings. The van der Waals surface area contributed by atoms with E-state index in [0.717, 1.165) is 18.5 Å². The molecule has 4 nitrogen and oxygen atoms in total. The van der Waals surface area contributed by atoms with Gasteiger partial charge in [-0.3, -0.25) is 0 Å². The Balaban J connectivity index is 1.88. The van der Waals surface area contributed by atoms with Crippen LogP contribution in [0.4, 0.5) is 0 Å². The van der Waals surface area contributed by atoms with E-state index >= 15 is 0 Å². The first-order valence-corrected chi connectivity index (χ1v) is 6.24. The van der Waals surface area contributed by atoms with Crippen LogP contribution in [0.2, 0.25) is 0 Å². The number of rotatable bonds is 2.